The second-order valence-electron chi connectivity index (χ2n) is 7.13. The van der Waals surface area contributed by atoms with Crippen LogP contribution in [0.4, 0.5) is 10.5 Å². The number of nitrogens with zero attached hydrogens (tertiary/aromatic N) is 1. The molecule has 0 unspecified atom stereocenters. The smallest absolute Gasteiger partial charge is 0.319 e. The molecule has 1 aliphatic carbocycles. The van der Waals surface area contributed by atoms with Gasteiger partial charge in [0.15, 0.2) is 0 Å². The van der Waals surface area contributed by atoms with Crippen molar-refractivity contribution in [3.8, 4) is 0 Å². The van der Waals surface area contributed by atoms with Gasteiger partial charge in [0.2, 0.25) is 0 Å². The normalized spacial score (nSPS) is 20.5. The molecule has 0 bridgehead atoms. The third kappa shape index (κ3) is 6.35. The minimum absolute atomic E-state index is 0.0646. The first-order valence-electron chi connectivity index (χ1n) is 8.12. The van der Waals surface area contributed by atoms with Crippen LogP contribution in [0.25, 0.3) is 0 Å². The molecule has 0 aromatic carbocycles. The van der Waals surface area contributed by atoms with Gasteiger partial charge in [-0.15, -0.1) is 0 Å². The van der Waals surface area contributed by atoms with Crippen molar-refractivity contribution in [3.05, 3.63) is 23.5 Å². The van der Waals surface area contributed by atoms with Gasteiger partial charge < -0.3 is 15.4 Å². The van der Waals surface area contributed by atoms with Gasteiger partial charge >= 0.3 is 12.0 Å². The summed E-state index contributed by atoms with van der Waals surface area (Å²) < 4.78 is 5.35. The van der Waals surface area contributed by atoms with Crippen LogP contribution >= 0.6 is 11.6 Å². The maximum Gasteiger partial charge on any atom is 0.319 e. The van der Waals surface area contributed by atoms with Crippen LogP contribution in [0.3, 0.4) is 0 Å². The highest BCUT2D eigenvalue weighted by atomic mass is 35.5. The highest BCUT2D eigenvalue weighted by Gasteiger charge is 2.29. The first kappa shape index (κ1) is 18.5. The largest absolute Gasteiger partial charge is 0.460 e. The van der Waals surface area contributed by atoms with Crippen molar-refractivity contribution in [2.75, 3.05) is 5.32 Å². The summed E-state index contributed by atoms with van der Waals surface area (Å²) in [5.41, 5.74) is 0.134. The summed E-state index contributed by atoms with van der Waals surface area (Å²) in [6.07, 6.45) is 4.48. The first-order chi connectivity index (χ1) is 11.2. The lowest BCUT2D eigenvalue weighted by Gasteiger charge is -2.20. The van der Waals surface area contributed by atoms with Crippen molar-refractivity contribution in [2.24, 2.45) is 5.92 Å². The molecule has 0 aliphatic heterocycles. The van der Waals surface area contributed by atoms with Gasteiger partial charge in [-0.2, -0.15) is 0 Å². The molecule has 0 saturated heterocycles. The number of urea groups is 1. The number of hydrogen-bond acceptors (Lipinski definition) is 4. The van der Waals surface area contributed by atoms with E-state index >= 15 is 0 Å². The molecule has 2 N–H and O–H groups in total. The fraction of sp³-hybridized carbons (Fsp3) is 0.588. The van der Waals surface area contributed by atoms with E-state index in [1.807, 2.05) is 20.8 Å². The second-order valence-corrected chi connectivity index (χ2v) is 7.52. The number of anilines is 1. The summed E-state index contributed by atoms with van der Waals surface area (Å²) in [7, 11) is 0. The number of halogens is 1. The zero-order chi connectivity index (χ0) is 17.7. The molecule has 0 spiro atoms. The number of rotatable bonds is 4. The quantitative estimate of drug-likeness (QED) is 0.638. The maximum atomic E-state index is 12.0. The van der Waals surface area contributed by atoms with Crippen molar-refractivity contribution in [2.45, 2.75) is 58.1 Å². The molecule has 0 radical (unpaired) electrons. The summed E-state index contributed by atoms with van der Waals surface area (Å²) in [6.45, 7) is 5.58. The van der Waals surface area contributed by atoms with Crippen LogP contribution in [0, 0.1) is 5.92 Å². The molecule has 1 aliphatic rings. The van der Waals surface area contributed by atoms with E-state index in [1.165, 1.54) is 6.20 Å². The molecule has 24 heavy (non-hydrogen) atoms. The van der Waals surface area contributed by atoms with E-state index in [0.29, 0.717) is 17.3 Å². The van der Waals surface area contributed by atoms with Crippen molar-refractivity contribution in [3.63, 3.8) is 0 Å². The highest BCUT2D eigenvalue weighted by molar-refractivity contribution is 6.29. The Morgan fingerprint density at radius 2 is 2.12 bits per heavy atom. The molecule has 1 aromatic heterocycles. The SMILES string of the molecule is CC(C)(C)OC(=O)C[C@H]1CC[C@@H](NC(=O)Nc2ccnc(Cl)c2)C1. The van der Waals surface area contributed by atoms with Gasteiger partial charge in [0.1, 0.15) is 10.8 Å². The van der Waals surface area contributed by atoms with Crippen LogP contribution in [-0.4, -0.2) is 28.6 Å². The van der Waals surface area contributed by atoms with Gasteiger partial charge in [-0.3, -0.25) is 4.79 Å². The Hall–Kier alpha value is -1.82. The number of pyridine rings is 1. The summed E-state index contributed by atoms with van der Waals surface area (Å²) >= 11 is 5.79. The predicted molar refractivity (Wildman–Crippen MR) is 93.0 cm³/mol. The molecular formula is C17H24ClN3O3. The number of ether oxygens (including phenoxy) is 1. The lowest BCUT2D eigenvalue weighted by Crippen LogP contribution is -2.36. The molecule has 1 saturated carbocycles. The molecule has 1 fully saturated rings. The third-order valence-electron chi connectivity index (χ3n) is 3.74. The topological polar surface area (TPSA) is 80.3 Å². The number of carbonyl (C=O) groups excluding carboxylic acids is 2. The number of carbonyl (C=O) groups is 2. The summed E-state index contributed by atoms with van der Waals surface area (Å²) in [4.78, 5) is 27.8. The zero-order valence-corrected chi connectivity index (χ0v) is 15.0. The van der Waals surface area contributed by atoms with E-state index in [1.54, 1.807) is 12.1 Å². The van der Waals surface area contributed by atoms with Crippen LogP contribution in [0.1, 0.15) is 46.5 Å². The molecule has 2 atom stereocenters. The van der Waals surface area contributed by atoms with E-state index in [-0.39, 0.29) is 24.0 Å². The number of aromatic nitrogens is 1. The molecular weight excluding hydrogens is 330 g/mol. The van der Waals surface area contributed by atoms with Gasteiger partial charge in [-0.1, -0.05) is 11.6 Å². The average Bonchev–Trinajstić information content (AvgIpc) is 2.83. The molecule has 7 heteroatoms. The standard InChI is InChI=1S/C17H24ClN3O3/c1-17(2,3)24-15(22)9-11-4-5-12(8-11)20-16(23)21-13-6-7-19-14(18)10-13/h6-7,10-12H,4-5,8-9H2,1-3H3,(H2,19,20,21,23)/t11-,12+/m0/s1. The fourth-order valence-electron chi connectivity index (χ4n) is 2.84. The number of nitrogens with one attached hydrogen (secondary N) is 2. The van der Waals surface area contributed by atoms with E-state index in [2.05, 4.69) is 15.6 Å². The van der Waals surface area contributed by atoms with Crippen LogP contribution < -0.4 is 10.6 Å². The molecule has 2 rings (SSSR count). The summed E-state index contributed by atoms with van der Waals surface area (Å²) in [5, 5.41) is 5.99. The van der Waals surface area contributed by atoms with Gasteiger partial charge in [0.25, 0.3) is 0 Å². The van der Waals surface area contributed by atoms with Crippen molar-refractivity contribution < 1.29 is 14.3 Å². The molecule has 2 amide bonds. The Kier molecular flexibility index (Phi) is 6.04. The third-order valence-corrected chi connectivity index (χ3v) is 3.94. The lowest BCUT2D eigenvalue weighted by atomic mass is 10.0. The Morgan fingerprint density at radius 3 is 2.79 bits per heavy atom. The van der Waals surface area contributed by atoms with E-state index < -0.39 is 5.60 Å². The molecule has 1 aromatic rings. The monoisotopic (exact) mass is 353 g/mol. The van der Waals surface area contributed by atoms with Gasteiger partial charge in [-0.05, 0) is 58.1 Å². The van der Waals surface area contributed by atoms with Gasteiger partial charge in [0, 0.05) is 24.3 Å². The fourth-order valence-corrected chi connectivity index (χ4v) is 3.02. The van der Waals surface area contributed by atoms with Crippen LogP contribution in [-0.2, 0) is 9.53 Å². The Labute approximate surface area is 147 Å². The molecule has 6 nitrogen and oxygen atoms in total. The number of esters is 1. The van der Waals surface area contributed by atoms with Crippen molar-refractivity contribution >= 4 is 29.3 Å². The van der Waals surface area contributed by atoms with Crippen LogP contribution in [0.2, 0.25) is 5.15 Å². The number of amides is 2. The Bertz CT molecular complexity index is 601. The summed E-state index contributed by atoms with van der Waals surface area (Å²) in [5.74, 6) is 0.0737. The zero-order valence-electron chi connectivity index (χ0n) is 14.3. The maximum absolute atomic E-state index is 12.0. The lowest BCUT2D eigenvalue weighted by molar-refractivity contribution is -0.155. The van der Waals surface area contributed by atoms with Crippen molar-refractivity contribution in [1.29, 1.82) is 0 Å². The van der Waals surface area contributed by atoms with Gasteiger partial charge in [0.05, 0.1) is 0 Å². The predicted octanol–water partition coefficient (Wildman–Crippen LogP) is 3.76. The Morgan fingerprint density at radius 1 is 1.38 bits per heavy atom. The Balaban J connectivity index is 1.75. The van der Waals surface area contributed by atoms with E-state index in [0.717, 1.165) is 19.3 Å². The number of hydrogen-bond donors (Lipinski definition) is 2. The van der Waals surface area contributed by atoms with Crippen LogP contribution in [0.15, 0.2) is 18.3 Å². The van der Waals surface area contributed by atoms with E-state index in [4.69, 9.17) is 16.3 Å². The molecule has 132 valence electrons. The first-order valence-corrected chi connectivity index (χ1v) is 8.50. The summed E-state index contributed by atoms with van der Waals surface area (Å²) in [6, 6.07) is 3.04. The second kappa shape index (κ2) is 7.83. The molecule has 1 heterocycles. The average molecular weight is 354 g/mol. The minimum Gasteiger partial charge on any atom is -0.460 e. The van der Waals surface area contributed by atoms with Crippen LogP contribution in [0.5, 0.6) is 0 Å². The van der Waals surface area contributed by atoms with E-state index in [9.17, 15) is 9.59 Å². The minimum atomic E-state index is -0.459. The van der Waals surface area contributed by atoms with Gasteiger partial charge in [-0.25, -0.2) is 9.78 Å². The van der Waals surface area contributed by atoms with Crippen molar-refractivity contribution in [1.82, 2.24) is 10.3 Å². The highest BCUT2D eigenvalue weighted by Crippen LogP contribution is 2.29.